The van der Waals surface area contributed by atoms with Crippen LogP contribution in [0, 0.1) is 0 Å². The molecule has 0 radical (unpaired) electrons. The number of carbonyl (C=O) groups is 1. The third-order valence-corrected chi connectivity index (χ3v) is 4.33. The molecule has 1 heterocycles. The largest absolute Gasteiger partial charge is 0.296 e. The van der Waals surface area contributed by atoms with Crippen molar-refractivity contribution in [2.75, 3.05) is 5.32 Å². The Morgan fingerprint density at radius 3 is 2.50 bits per heavy atom. The minimum Gasteiger partial charge on any atom is -0.296 e. The Morgan fingerprint density at radius 1 is 1.05 bits per heavy atom. The zero-order valence-electron chi connectivity index (χ0n) is 13.3. The van der Waals surface area contributed by atoms with Crippen LogP contribution in [0.5, 0.6) is 0 Å². The molecule has 0 atom stereocenters. The Morgan fingerprint density at radius 2 is 1.82 bits per heavy atom. The minimum absolute atomic E-state index is 0.126. The quantitative estimate of drug-likeness (QED) is 0.731. The summed E-state index contributed by atoms with van der Waals surface area (Å²) in [6.45, 7) is 4.33. The molecule has 0 aliphatic heterocycles. The zero-order valence-corrected chi connectivity index (χ0v) is 14.1. The van der Waals surface area contributed by atoms with Crippen LogP contribution in [0.15, 0.2) is 24.3 Å². The highest BCUT2D eigenvalue weighted by molar-refractivity contribution is 7.15. The van der Waals surface area contributed by atoms with Crippen molar-refractivity contribution in [2.24, 2.45) is 0 Å². The lowest BCUT2D eigenvalue weighted by Crippen LogP contribution is -2.11. The molecule has 2 aromatic rings. The Hall–Kier alpha value is -1.75. The van der Waals surface area contributed by atoms with Gasteiger partial charge in [-0.3, -0.25) is 10.1 Å². The topological polar surface area (TPSA) is 54.9 Å². The van der Waals surface area contributed by atoms with E-state index in [1.165, 1.54) is 29.7 Å². The van der Waals surface area contributed by atoms with Gasteiger partial charge in [0.1, 0.15) is 5.01 Å². The summed E-state index contributed by atoms with van der Waals surface area (Å²) in [4.78, 5) is 12.2. The standard InChI is InChI=1S/C17H23N3OS/c1-3-5-6-8-15-19-20-17(22-15)18-16(21)14-11-9-13(7-4-2)10-12-14/h9-12H,3-8H2,1-2H3,(H,18,20,21). The van der Waals surface area contributed by atoms with Gasteiger partial charge in [-0.05, 0) is 30.5 Å². The van der Waals surface area contributed by atoms with Crippen LogP contribution in [-0.2, 0) is 12.8 Å². The highest BCUT2D eigenvalue weighted by Gasteiger charge is 2.10. The molecule has 5 heteroatoms. The Kier molecular flexibility index (Phi) is 6.52. The SMILES string of the molecule is CCCCCc1nnc(NC(=O)c2ccc(CCC)cc2)s1. The second-order valence-corrected chi connectivity index (χ2v) is 6.42. The molecule has 0 spiro atoms. The number of nitrogens with zero attached hydrogens (tertiary/aromatic N) is 2. The third-order valence-electron chi connectivity index (χ3n) is 3.44. The van der Waals surface area contributed by atoms with Crippen molar-refractivity contribution in [1.82, 2.24) is 10.2 Å². The molecule has 1 N–H and O–H groups in total. The molecule has 4 nitrogen and oxygen atoms in total. The van der Waals surface area contributed by atoms with E-state index in [0.29, 0.717) is 10.7 Å². The summed E-state index contributed by atoms with van der Waals surface area (Å²) in [5.41, 5.74) is 1.91. The van der Waals surface area contributed by atoms with Crippen molar-refractivity contribution in [2.45, 2.75) is 52.4 Å². The number of unbranched alkanes of at least 4 members (excludes halogenated alkanes) is 2. The van der Waals surface area contributed by atoms with Crippen LogP contribution in [0.3, 0.4) is 0 Å². The van der Waals surface area contributed by atoms with Crippen molar-refractivity contribution in [3.63, 3.8) is 0 Å². The maximum absolute atomic E-state index is 12.2. The average Bonchev–Trinajstić information content (AvgIpc) is 2.96. The second-order valence-electron chi connectivity index (χ2n) is 5.36. The molecule has 0 saturated heterocycles. The number of rotatable bonds is 8. The van der Waals surface area contributed by atoms with Gasteiger partial charge in [0, 0.05) is 12.0 Å². The Bertz CT molecular complexity index is 592. The number of hydrogen-bond acceptors (Lipinski definition) is 4. The number of carbonyl (C=O) groups excluding carboxylic acids is 1. The predicted octanol–water partition coefficient (Wildman–Crippen LogP) is 4.48. The first kappa shape index (κ1) is 16.6. The van der Waals surface area contributed by atoms with E-state index in [1.807, 2.05) is 24.3 Å². The van der Waals surface area contributed by atoms with E-state index in [1.54, 1.807) is 0 Å². The van der Waals surface area contributed by atoms with Crippen LogP contribution in [0.2, 0.25) is 0 Å². The van der Waals surface area contributed by atoms with Gasteiger partial charge in [-0.25, -0.2) is 0 Å². The number of aromatic nitrogens is 2. The molecule has 0 saturated carbocycles. The summed E-state index contributed by atoms with van der Waals surface area (Å²) in [7, 11) is 0. The summed E-state index contributed by atoms with van der Waals surface area (Å²) in [6.07, 6.45) is 6.60. The zero-order chi connectivity index (χ0) is 15.8. The highest BCUT2D eigenvalue weighted by Crippen LogP contribution is 2.18. The van der Waals surface area contributed by atoms with E-state index in [0.717, 1.165) is 30.7 Å². The van der Waals surface area contributed by atoms with Crippen molar-refractivity contribution >= 4 is 22.4 Å². The lowest BCUT2D eigenvalue weighted by molar-refractivity contribution is 0.102. The molecular formula is C17H23N3OS. The van der Waals surface area contributed by atoms with Crippen LogP contribution in [-0.4, -0.2) is 16.1 Å². The van der Waals surface area contributed by atoms with Gasteiger partial charge in [0.2, 0.25) is 5.13 Å². The van der Waals surface area contributed by atoms with Gasteiger partial charge in [0.15, 0.2) is 0 Å². The fraction of sp³-hybridized carbons (Fsp3) is 0.471. The Labute approximate surface area is 136 Å². The number of anilines is 1. The van der Waals surface area contributed by atoms with Gasteiger partial charge in [0.25, 0.3) is 5.91 Å². The van der Waals surface area contributed by atoms with Crippen LogP contribution >= 0.6 is 11.3 Å². The lowest BCUT2D eigenvalue weighted by Gasteiger charge is -2.03. The minimum atomic E-state index is -0.126. The van der Waals surface area contributed by atoms with E-state index in [4.69, 9.17) is 0 Å². The van der Waals surface area contributed by atoms with Crippen LogP contribution in [0.4, 0.5) is 5.13 Å². The summed E-state index contributed by atoms with van der Waals surface area (Å²) in [6, 6.07) is 7.75. The van der Waals surface area contributed by atoms with E-state index < -0.39 is 0 Å². The van der Waals surface area contributed by atoms with Gasteiger partial charge in [-0.2, -0.15) is 0 Å². The van der Waals surface area contributed by atoms with E-state index in [9.17, 15) is 4.79 Å². The predicted molar refractivity (Wildman–Crippen MR) is 91.5 cm³/mol. The smallest absolute Gasteiger partial charge is 0.257 e. The molecule has 0 unspecified atom stereocenters. The number of hydrogen-bond donors (Lipinski definition) is 1. The molecule has 0 fully saturated rings. The fourth-order valence-corrected chi connectivity index (χ4v) is 2.99. The Balaban J connectivity index is 1.91. The molecule has 1 aromatic carbocycles. The van der Waals surface area contributed by atoms with Gasteiger partial charge >= 0.3 is 0 Å². The van der Waals surface area contributed by atoms with Crippen molar-refractivity contribution < 1.29 is 4.79 Å². The molecule has 22 heavy (non-hydrogen) atoms. The van der Waals surface area contributed by atoms with Crippen LogP contribution in [0.1, 0.15) is 60.5 Å². The summed E-state index contributed by atoms with van der Waals surface area (Å²) < 4.78 is 0. The number of benzene rings is 1. The van der Waals surface area contributed by atoms with Crippen LogP contribution < -0.4 is 5.32 Å². The normalized spacial score (nSPS) is 10.6. The molecule has 1 aromatic heterocycles. The first-order valence-corrected chi connectivity index (χ1v) is 8.77. The van der Waals surface area contributed by atoms with Crippen molar-refractivity contribution in [1.29, 1.82) is 0 Å². The van der Waals surface area contributed by atoms with Crippen LogP contribution in [0.25, 0.3) is 0 Å². The maximum atomic E-state index is 12.2. The van der Waals surface area contributed by atoms with Gasteiger partial charge in [-0.1, -0.05) is 56.6 Å². The van der Waals surface area contributed by atoms with Gasteiger partial charge in [-0.15, -0.1) is 10.2 Å². The van der Waals surface area contributed by atoms with E-state index in [2.05, 4.69) is 29.4 Å². The number of nitrogens with one attached hydrogen (secondary N) is 1. The summed E-state index contributed by atoms with van der Waals surface area (Å²) in [5, 5.41) is 12.6. The lowest BCUT2D eigenvalue weighted by atomic mass is 10.1. The highest BCUT2D eigenvalue weighted by atomic mass is 32.1. The molecule has 1 amide bonds. The average molecular weight is 317 g/mol. The first-order valence-electron chi connectivity index (χ1n) is 7.95. The molecule has 2 rings (SSSR count). The maximum Gasteiger partial charge on any atom is 0.257 e. The number of aryl methyl sites for hydroxylation is 2. The molecule has 0 bridgehead atoms. The summed E-state index contributed by atoms with van der Waals surface area (Å²) in [5.74, 6) is -0.126. The van der Waals surface area contributed by atoms with Crippen molar-refractivity contribution in [3.05, 3.63) is 40.4 Å². The molecule has 0 aliphatic carbocycles. The van der Waals surface area contributed by atoms with Gasteiger partial charge < -0.3 is 0 Å². The van der Waals surface area contributed by atoms with Gasteiger partial charge in [0.05, 0.1) is 0 Å². The second kappa shape index (κ2) is 8.63. The van der Waals surface area contributed by atoms with Crippen molar-refractivity contribution in [3.8, 4) is 0 Å². The first-order chi connectivity index (χ1) is 10.7. The molecule has 118 valence electrons. The monoisotopic (exact) mass is 317 g/mol. The van der Waals surface area contributed by atoms with E-state index in [-0.39, 0.29) is 5.91 Å². The summed E-state index contributed by atoms with van der Waals surface area (Å²) >= 11 is 1.46. The molecular weight excluding hydrogens is 294 g/mol. The fourth-order valence-electron chi connectivity index (χ4n) is 2.21. The number of amides is 1. The third kappa shape index (κ3) is 4.91. The van der Waals surface area contributed by atoms with E-state index >= 15 is 0 Å². The molecule has 0 aliphatic rings.